The molecular weight excluding hydrogens is 314 g/mol. The molecule has 7 nitrogen and oxygen atoms in total. The van der Waals surface area contributed by atoms with Crippen molar-refractivity contribution in [3.05, 3.63) is 17.7 Å². The van der Waals surface area contributed by atoms with Gasteiger partial charge in [-0.25, -0.2) is 4.79 Å². The third-order valence-electron chi connectivity index (χ3n) is 3.83. The van der Waals surface area contributed by atoms with Crippen LogP contribution in [0.5, 0.6) is 11.5 Å². The van der Waals surface area contributed by atoms with Crippen molar-refractivity contribution in [2.24, 2.45) is 0 Å². The third-order valence-corrected chi connectivity index (χ3v) is 3.83. The second-order valence-electron chi connectivity index (χ2n) is 6.77. The predicted octanol–water partition coefficient (Wildman–Crippen LogP) is 3.17. The standard InChI is InChI=1S/C17H23NO6/c1-16(2,3)24-15(21)18-11-9-13(23-5)12(22-4)8-10(11)17(6-7-17)14(19)20/h8-9H,6-7H2,1-5H3,(H,18,21)(H,19,20). The minimum atomic E-state index is -1.01. The fourth-order valence-electron chi connectivity index (χ4n) is 2.52. The molecule has 0 aliphatic heterocycles. The number of nitrogens with one attached hydrogen (secondary N) is 1. The van der Waals surface area contributed by atoms with Crippen molar-refractivity contribution < 1.29 is 28.9 Å². The average Bonchev–Trinajstić information content (AvgIpc) is 3.26. The van der Waals surface area contributed by atoms with Gasteiger partial charge in [0.05, 0.1) is 25.3 Å². The Morgan fingerprint density at radius 2 is 1.67 bits per heavy atom. The topological polar surface area (TPSA) is 94.1 Å². The van der Waals surface area contributed by atoms with Crippen molar-refractivity contribution in [3.8, 4) is 11.5 Å². The summed E-state index contributed by atoms with van der Waals surface area (Å²) in [6, 6.07) is 3.16. The summed E-state index contributed by atoms with van der Waals surface area (Å²) < 4.78 is 15.8. The zero-order valence-electron chi connectivity index (χ0n) is 14.6. The molecule has 7 heteroatoms. The van der Waals surface area contributed by atoms with E-state index >= 15 is 0 Å². The van der Waals surface area contributed by atoms with E-state index in [-0.39, 0.29) is 0 Å². The molecule has 0 radical (unpaired) electrons. The highest BCUT2D eigenvalue weighted by Gasteiger charge is 2.53. The first kappa shape index (κ1) is 17.9. The monoisotopic (exact) mass is 337 g/mol. The number of carbonyl (C=O) groups is 2. The fraction of sp³-hybridized carbons (Fsp3) is 0.529. The van der Waals surface area contributed by atoms with Crippen LogP contribution in [0.1, 0.15) is 39.2 Å². The summed E-state index contributed by atoms with van der Waals surface area (Å²) in [4.78, 5) is 23.8. The molecule has 1 amide bonds. The van der Waals surface area contributed by atoms with E-state index in [9.17, 15) is 14.7 Å². The highest BCUT2D eigenvalue weighted by molar-refractivity contribution is 5.93. The van der Waals surface area contributed by atoms with Gasteiger partial charge in [0.1, 0.15) is 5.60 Å². The van der Waals surface area contributed by atoms with E-state index in [0.717, 1.165) is 0 Å². The number of benzene rings is 1. The molecule has 0 aromatic heterocycles. The fourth-order valence-corrected chi connectivity index (χ4v) is 2.52. The highest BCUT2D eigenvalue weighted by Crippen LogP contribution is 2.53. The van der Waals surface area contributed by atoms with E-state index in [0.29, 0.717) is 35.6 Å². The van der Waals surface area contributed by atoms with Crippen LogP contribution in [0, 0.1) is 0 Å². The zero-order valence-corrected chi connectivity index (χ0v) is 14.6. The van der Waals surface area contributed by atoms with Crippen LogP contribution in [0.2, 0.25) is 0 Å². The number of aliphatic carboxylic acids is 1. The molecule has 0 spiro atoms. The Labute approximate surface area is 140 Å². The molecule has 1 aliphatic carbocycles. The lowest BCUT2D eigenvalue weighted by atomic mass is 9.93. The molecule has 1 aromatic rings. The number of ether oxygens (including phenoxy) is 3. The molecule has 1 aromatic carbocycles. The molecule has 0 saturated heterocycles. The molecule has 2 N–H and O–H groups in total. The Kier molecular flexibility index (Phi) is 4.64. The van der Waals surface area contributed by atoms with Gasteiger partial charge in [0.2, 0.25) is 0 Å². The Bertz CT molecular complexity index is 658. The van der Waals surface area contributed by atoms with Gasteiger partial charge >= 0.3 is 12.1 Å². The van der Waals surface area contributed by atoms with Crippen molar-refractivity contribution in [3.63, 3.8) is 0 Å². The Balaban J connectivity index is 2.44. The molecule has 2 rings (SSSR count). The molecule has 24 heavy (non-hydrogen) atoms. The number of methoxy groups -OCH3 is 2. The van der Waals surface area contributed by atoms with E-state index in [1.54, 1.807) is 32.9 Å². The summed E-state index contributed by atoms with van der Waals surface area (Å²) in [6.45, 7) is 5.26. The maximum Gasteiger partial charge on any atom is 0.412 e. The summed E-state index contributed by atoms with van der Waals surface area (Å²) in [6.07, 6.45) is 0.346. The summed E-state index contributed by atoms with van der Waals surface area (Å²) in [5.41, 5.74) is -0.838. The summed E-state index contributed by atoms with van der Waals surface area (Å²) in [5, 5.41) is 12.2. The SMILES string of the molecule is COc1cc(NC(=O)OC(C)(C)C)c(C2(C(=O)O)CC2)cc1OC. The average molecular weight is 337 g/mol. The van der Waals surface area contributed by atoms with Gasteiger partial charge in [-0.15, -0.1) is 0 Å². The number of rotatable bonds is 5. The first-order valence-electron chi connectivity index (χ1n) is 7.63. The van der Waals surface area contributed by atoms with Crippen molar-refractivity contribution in [1.29, 1.82) is 0 Å². The normalized spacial score (nSPS) is 15.4. The molecule has 1 saturated carbocycles. The quantitative estimate of drug-likeness (QED) is 0.857. The van der Waals surface area contributed by atoms with E-state index < -0.39 is 23.1 Å². The zero-order chi connectivity index (χ0) is 18.1. The lowest BCUT2D eigenvalue weighted by Gasteiger charge is -2.22. The predicted molar refractivity (Wildman–Crippen MR) is 88.0 cm³/mol. The number of amides is 1. The number of hydrogen-bond acceptors (Lipinski definition) is 5. The molecule has 1 fully saturated rings. The first-order chi connectivity index (χ1) is 11.1. The molecule has 0 heterocycles. The maximum atomic E-state index is 12.1. The van der Waals surface area contributed by atoms with Gasteiger partial charge in [0.25, 0.3) is 0 Å². The van der Waals surface area contributed by atoms with Gasteiger partial charge in [-0.3, -0.25) is 10.1 Å². The van der Waals surface area contributed by atoms with Gasteiger partial charge in [-0.1, -0.05) is 0 Å². The van der Waals surface area contributed by atoms with Crippen LogP contribution < -0.4 is 14.8 Å². The Hall–Kier alpha value is -2.44. The van der Waals surface area contributed by atoms with Gasteiger partial charge in [0, 0.05) is 6.07 Å². The van der Waals surface area contributed by atoms with E-state index in [4.69, 9.17) is 14.2 Å². The minimum Gasteiger partial charge on any atom is -0.493 e. The molecule has 132 valence electrons. The second kappa shape index (κ2) is 6.22. The number of carboxylic acids is 1. The molecule has 0 unspecified atom stereocenters. The van der Waals surface area contributed by atoms with Gasteiger partial charge in [-0.05, 0) is 45.2 Å². The Morgan fingerprint density at radius 3 is 2.08 bits per heavy atom. The van der Waals surface area contributed by atoms with Crippen molar-refractivity contribution in [1.82, 2.24) is 0 Å². The van der Waals surface area contributed by atoms with E-state index in [1.165, 1.54) is 14.2 Å². The number of anilines is 1. The van der Waals surface area contributed by atoms with Crippen LogP contribution in [0.25, 0.3) is 0 Å². The minimum absolute atomic E-state index is 0.349. The number of carbonyl (C=O) groups excluding carboxylic acids is 1. The lowest BCUT2D eigenvalue weighted by Crippen LogP contribution is -2.29. The molecule has 0 bridgehead atoms. The molecule has 1 aliphatic rings. The highest BCUT2D eigenvalue weighted by atomic mass is 16.6. The van der Waals surface area contributed by atoms with E-state index in [2.05, 4.69) is 5.32 Å². The van der Waals surface area contributed by atoms with Gasteiger partial charge < -0.3 is 19.3 Å². The van der Waals surface area contributed by atoms with Gasteiger partial charge in [-0.2, -0.15) is 0 Å². The van der Waals surface area contributed by atoms with Crippen LogP contribution >= 0.6 is 0 Å². The summed E-state index contributed by atoms with van der Waals surface area (Å²) >= 11 is 0. The third kappa shape index (κ3) is 3.55. The van der Waals surface area contributed by atoms with Crippen LogP contribution in [0.3, 0.4) is 0 Å². The maximum absolute atomic E-state index is 12.1. The van der Waals surface area contributed by atoms with Crippen LogP contribution in [0.4, 0.5) is 10.5 Å². The number of hydrogen-bond donors (Lipinski definition) is 2. The van der Waals surface area contributed by atoms with E-state index in [1.807, 2.05) is 0 Å². The summed E-state index contributed by atoms with van der Waals surface area (Å²) in [7, 11) is 2.95. The Morgan fingerprint density at radius 1 is 1.12 bits per heavy atom. The molecule has 0 atom stereocenters. The van der Waals surface area contributed by atoms with Gasteiger partial charge in [0.15, 0.2) is 11.5 Å². The summed E-state index contributed by atoms with van der Waals surface area (Å²) in [5.74, 6) is -0.120. The second-order valence-corrected chi connectivity index (χ2v) is 6.77. The van der Waals surface area contributed by atoms with Crippen molar-refractivity contribution in [2.45, 2.75) is 44.6 Å². The van der Waals surface area contributed by atoms with Crippen molar-refractivity contribution in [2.75, 3.05) is 19.5 Å². The van der Waals surface area contributed by atoms with Crippen molar-refractivity contribution >= 4 is 17.7 Å². The first-order valence-corrected chi connectivity index (χ1v) is 7.63. The van der Waals surface area contributed by atoms with Crippen LogP contribution in [-0.2, 0) is 14.9 Å². The van der Waals surface area contributed by atoms with Crippen LogP contribution in [0.15, 0.2) is 12.1 Å². The largest absolute Gasteiger partial charge is 0.493 e. The number of carboxylic acid groups (broad SMARTS) is 1. The smallest absolute Gasteiger partial charge is 0.412 e. The van der Waals surface area contributed by atoms with Crippen LogP contribution in [-0.4, -0.2) is 37.0 Å². The lowest BCUT2D eigenvalue weighted by molar-refractivity contribution is -0.140. The molecular formula is C17H23NO6.